The van der Waals surface area contributed by atoms with Crippen LogP contribution in [-0.4, -0.2) is 15.7 Å². The van der Waals surface area contributed by atoms with E-state index in [1.807, 2.05) is 73.1 Å². The van der Waals surface area contributed by atoms with E-state index in [1.54, 1.807) is 0 Å². The van der Waals surface area contributed by atoms with Gasteiger partial charge in [-0.15, -0.1) is 0 Å². The number of carbonyl (C=O) groups excluding carboxylic acids is 1. The maximum absolute atomic E-state index is 12.2. The van der Waals surface area contributed by atoms with Crippen molar-refractivity contribution in [2.24, 2.45) is 0 Å². The second-order valence-corrected chi connectivity index (χ2v) is 6.74. The van der Waals surface area contributed by atoms with E-state index in [1.165, 1.54) is 0 Å². The van der Waals surface area contributed by atoms with E-state index >= 15 is 0 Å². The number of hydrogen-bond donors (Lipinski definition) is 1. The van der Waals surface area contributed by atoms with Gasteiger partial charge in [-0.1, -0.05) is 41.9 Å². The average molecular weight is 368 g/mol. The van der Waals surface area contributed by atoms with Crippen molar-refractivity contribution >= 4 is 17.5 Å². The molecule has 1 N–H and O–H groups in total. The van der Waals surface area contributed by atoms with Gasteiger partial charge >= 0.3 is 0 Å². The zero-order chi connectivity index (χ0) is 18.5. The van der Waals surface area contributed by atoms with Gasteiger partial charge in [0.25, 0.3) is 0 Å². The molecule has 0 unspecified atom stereocenters. The van der Waals surface area contributed by atoms with E-state index in [4.69, 9.17) is 11.6 Å². The molecule has 5 heteroatoms. The molecule has 0 aliphatic heterocycles. The third-order valence-electron chi connectivity index (χ3n) is 4.45. The first kappa shape index (κ1) is 18.2. The van der Waals surface area contributed by atoms with Crippen LogP contribution in [0.2, 0.25) is 5.02 Å². The van der Waals surface area contributed by atoms with Crippen LogP contribution in [0.5, 0.6) is 0 Å². The van der Waals surface area contributed by atoms with Crippen LogP contribution in [0.25, 0.3) is 5.69 Å². The van der Waals surface area contributed by atoms with E-state index in [0.29, 0.717) is 24.4 Å². The fourth-order valence-electron chi connectivity index (χ4n) is 2.99. The Labute approximate surface area is 158 Å². The van der Waals surface area contributed by atoms with Gasteiger partial charge in [-0.25, -0.2) is 4.68 Å². The number of rotatable bonds is 6. The SMILES string of the molecule is Cc1nn(-c2ccccc2)c(C)c1CCC(=O)NCc1ccc(Cl)cc1. The van der Waals surface area contributed by atoms with Crippen LogP contribution >= 0.6 is 11.6 Å². The maximum Gasteiger partial charge on any atom is 0.220 e. The van der Waals surface area contributed by atoms with Crippen LogP contribution in [0, 0.1) is 13.8 Å². The van der Waals surface area contributed by atoms with Crippen molar-refractivity contribution in [3.05, 3.63) is 82.1 Å². The molecule has 3 rings (SSSR count). The Bertz CT molecular complexity index is 886. The Kier molecular flexibility index (Phi) is 5.74. The number of aryl methyl sites for hydroxylation is 1. The molecule has 0 aliphatic rings. The first-order valence-electron chi connectivity index (χ1n) is 8.66. The average Bonchev–Trinajstić information content (AvgIpc) is 2.94. The highest BCUT2D eigenvalue weighted by Crippen LogP contribution is 2.19. The zero-order valence-electron chi connectivity index (χ0n) is 15.0. The van der Waals surface area contributed by atoms with E-state index in [9.17, 15) is 4.79 Å². The first-order chi connectivity index (χ1) is 12.5. The first-order valence-corrected chi connectivity index (χ1v) is 9.04. The van der Waals surface area contributed by atoms with Crippen molar-refractivity contribution in [1.29, 1.82) is 0 Å². The fourth-order valence-corrected chi connectivity index (χ4v) is 3.11. The van der Waals surface area contributed by atoms with Gasteiger partial charge in [0.05, 0.1) is 11.4 Å². The molecule has 0 atom stereocenters. The molecule has 0 saturated carbocycles. The van der Waals surface area contributed by atoms with Gasteiger partial charge in [-0.2, -0.15) is 5.10 Å². The molecule has 134 valence electrons. The van der Waals surface area contributed by atoms with Crippen LogP contribution in [0.1, 0.15) is 28.9 Å². The van der Waals surface area contributed by atoms with Crippen LogP contribution in [0.4, 0.5) is 0 Å². The predicted molar refractivity (Wildman–Crippen MR) is 105 cm³/mol. The van der Waals surface area contributed by atoms with Crippen molar-refractivity contribution in [2.75, 3.05) is 0 Å². The van der Waals surface area contributed by atoms with Gasteiger partial charge in [0.2, 0.25) is 5.91 Å². The summed E-state index contributed by atoms with van der Waals surface area (Å²) in [5, 5.41) is 8.29. The van der Waals surface area contributed by atoms with Crippen LogP contribution in [0.15, 0.2) is 54.6 Å². The Balaban J connectivity index is 1.60. The second-order valence-electron chi connectivity index (χ2n) is 6.30. The minimum absolute atomic E-state index is 0.0335. The van der Waals surface area contributed by atoms with Gasteiger partial charge in [0, 0.05) is 23.7 Å². The Hall–Kier alpha value is -2.59. The lowest BCUT2D eigenvalue weighted by Gasteiger charge is -2.07. The Morgan fingerprint density at radius 1 is 1.08 bits per heavy atom. The minimum Gasteiger partial charge on any atom is -0.352 e. The van der Waals surface area contributed by atoms with Crippen LogP contribution < -0.4 is 5.32 Å². The van der Waals surface area contributed by atoms with Crippen LogP contribution in [0.3, 0.4) is 0 Å². The normalized spacial score (nSPS) is 10.7. The molecule has 4 nitrogen and oxygen atoms in total. The molecule has 1 aromatic heterocycles. The highest BCUT2D eigenvalue weighted by molar-refractivity contribution is 6.30. The largest absolute Gasteiger partial charge is 0.352 e. The summed E-state index contributed by atoms with van der Waals surface area (Å²) >= 11 is 5.87. The number of carbonyl (C=O) groups is 1. The number of benzene rings is 2. The summed E-state index contributed by atoms with van der Waals surface area (Å²) in [4.78, 5) is 12.2. The molecule has 0 bridgehead atoms. The monoisotopic (exact) mass is 367 g/mol. The maximum atomic E-state index is 12.2. The predicted octanol–water partition coefficient (Wildman–Crippen LogP) is 4.39. The fraction of sp³-hybridized carbons (Fsp3) is 0.238. The standard InChI is InChI=1S/C21H22ClN3O/c1-15-20(16(2)25(24-15)19-6-4-3-5-7-19)12-13-21(26)23-14-17-8-10-18(22)11-9-17/h3-11H,12-14H2,1-2H3,(H,23,26). The molecule has 3 aromatic rings. The molecular formula is C21H22ClN3O. The van der Waals surface area contributed by atoms with E-state index in [2.05, 4.69) is 10.4 Å². The van der Waals surface area contributed by atoms with Gasteiger partial charge in [-0.3, -0.25) is 4.79 Å². The summed E-state index contributed by atoms with van der Waals surface area (Å²) < 4.78 is 1.94. The smallest absolute Gasteiger partial charge is 0.220 e. The minimum atomic E-state index is 0.0335. The molecule has 0 radical (unpaired) electrons. The number of nitrogens with zero attached hydrogens (tertiary/aromatic N) is 2. The van der Waals surface area contributed by atoms with Gasteiger partial charge in [0.15, 0.2) is 0 Å². The number of hydrogen-bond acceptors (Lipinski definition) is 2. The molecule has 0 aliphatic carbocycles. The number of para-hydroxylation sites is 1. The second kappa shape index (κ2) is 8.19. The Morgan fingerprint density at radius 3 is 2.46 bits per heavy atom. The quantitative estimate of drug-likeness (QED) is 0.702. The highest BCUT2D eigenvalue weighted by atomic mass is 35.5. The number of nitrogens with one attached hydrogen (secondary N) is 1. The number of amides is 1. The summed E-state index contributed by atoms with van der Waals surface area (Å²) in [6.45, 7) is 4.55. The summed E-state index contributed by atoms with van der Waals surface area (Å²) in [5.41, 5.74) is 5.25. The molecule has 1 amide bonds. The molecule has 1 heterocycles. The third-order valence-corrected chi connectivity index (χ3v) is 4.70. The van der Waals surface area contributed by atoms with Crippen LogP contribution in [-0.2, 0) is 17.8 Å². The van der Waals surface area contributed by atoms with Crippen molar-refractivity contribution in [2.45, 2.75) is 33.2 Å². The van der Waals surface area contributed by atoms with Crippen molar-refractivity contribution in [3.63, 3.8) is 0 Å². The van der Waals surface area contributed by atoms with Gasteiger partial charge in [-0.05, 0) is 55.7 Å². The molecule has 2 aromatic carbocycles. The van der Waals surface area contributed by atoms with Crippen molar-refractivity contribution in [1.82, 2.24) is 15.1 Å². The lowest BCUT2D eigenvalue weighted by molar-refractivity contribution is -0.121. The van der Waals surface area contributed by atoms with E-state index in [0.717, 1.165) is 28.2 Å². The van der Waals surface area contributed by atoms with E-state index in [-0.39, 0.29) is 5.91 Å². The van der Waals surface area contributed by atoms with Crippen molar-refractivity contribution in [3.8, 4) is 5.69 Å². The molecule has 0 fully saturated rings. The Morgan fingerprint density at radius 2 is 1.77 bits per heavy atom. The summed E-state index contributed by atoms with van der Waals surface area (Å²) in [5.74, 6) is 0.0335. The molecule has 0 saturated heterocycles. The molecular weight excluding hydrogens is 346 g/mol. The number of halogens is 1. The highest BCUT2D eigenvalue weighted by Gasteiger charge is 2.14. The number of aromatic nitrogens is 2. The van der Waals surface area contributed by atoms with Crippen molar-refractivity contribution < 1.29 is 4.79 Å². The summed E-state index contributed by atoms with van der Waals surface area (Å²) in [7, 11) is 0. The van der Waals surface area contributed by atoms with Gasteiger partial charge in [0.1, 0.15) is 0 Å². The molecule has 26 heavy (non-hydrogen) atoms. The lowest BCUT2D eigenvalue weighted by atomic mass is 10.1. The molecule has 0 spiro atoms. The topological polar surface area (TPSA) is 46.9 Å². The van der Waals surface area contributed by atoms with E-state index < -0.39 is 0 Å². The third kappa shape index (κ3) is 4.33. The summed E-state index contributed by atoms with van der Waals surface area (Å²) in [6.07, 6.45) is 1.12. The zero-order valence-corrected chi connectivity index (χ0v) is 15.8. The summed E-state index contributed by atoms with van der Waals surface area (Å²) in [6, 6.07) is 17.5. The van der Waals surface area contributed by atoms with Gasteiger partial charge < -0.3 is 5.32 Å². The lowest BCUT2D eigenvalue weighted by Crippen LogP contribution is -2.23.